The lowest BCUT2D eigenvalue weighted by molar-refractivity contribution is -0.131. The zero-order valence-corrected chi connectivity index (χ0v) is 19.2. The van der Waals surface area contributed by atoms with Crippen LogP contribution in [0, 0.1) is 11.8 Å². The number of anilines is 1. The van der Waals surface area contributed by atoms with Crippen molar-refractivity contribution >= 4 is 40.1 Å². The third-order valence-corrected chi connectivity index (χ3v) is 8.63. The Bertz CT molecular complexity index is 881. The smallest absolute Gasteiger partial charge is 0.348 e. The summed E-state index contributed by atoms with van der Waals surface area (Å²) < 4.78 is 0. The van der Waals surface area contributed by atoms with E-state index in [-0.39, 0.29) is 22.4 Å². The van der Waals surface area contributed by atoms with Crippen LogP contribution in [0.25, 0.3) is 5.57 Å². The van der Waals surface area contributed by atoms with Gasteiger partial charge >= 0.3 is 5.97 Å². The molecular weight excluding hydrogens is 410 g/mol. The Morgan fingerprint density at radius 3 is 2.42 bits per heavy atom. The second kappa shape index (κ2) is 9.27. The molecule has 0 spiro atoms. The fraction of sp³-hybridized carbons (Fsp3) is 0.640. The van der Waals surface area contributed by atoms with Gasteiger partial charge in [0.15, 0.2) is 5.78 Å². The Kier molecular flexibility index (Phi) is 6.65. The van der Waals surface area contributed by atoms with E-state index in [4.69, 9.17) is 0 Å². The molecule has 2 N–H and O–H groups in total. The number of Topliss-reactive ketones (excluding diaryl/α,β-unsaturated/α-hetero) is 2. The number of carbonyl (C=O) groups excluding carboxylic acids is 2. The summed E-state index contributed by atoms with van der Waals surface area (Å²) in [5.41, 5.74) is 0.931. The Morgan fingerprint density at radius 2 is 1.81 bits per heavy atom. The monoisotopic (exact) mass is 443 g/mol. The molecule has 1 aromatic heterocycles. The zero-order valence-electron chi connectivity index (χ0n) is 18.4. The maximum atomic E-state index is 13.8. The molecule has 3 aliphatic carbocycles. The van der Waals surface area contributed by atoms with Gasteiger partial charge in [0, 0.05) is 23.6 Å². The van der Waals surface area contributed by atoms with E-state index in [9.17, 15) is 19.5 Å². The standard InChI is InChI=1S/C25H33NO4S/c1-16-7-9-18(10-8-16)23(28)25(13-11-19(27)12-14-25)26-20-15-21(31-22(20)24(29)30)17-5-3-2-4-6-17/h5,15-16,18,26H,2-4,6-14H2,1H3,(H,29,30). The molecule has 6 heteroatoms. The summed E-state index contributed by atoms with van der Waals surface area (Å²) in [5, 5.41) is 13.3. The number of rotatable bonds is 6. The normalized spacial score (nSPS) is 26.2. The molecule has 2 saturated carbocycles. The van der Waals surface area contributed by atoms with Crippen LogP contribution < -0.4 is 5.32 Å². The van der Waals surface area contributed by atoms with Crippen molar-refractivity contribution in [2.24, 2.45) is 11.8 Å². The predicted octanol–water partition coefficient (Wildman–Crippen LogP) is 6.09. The quantitative estimate of drug-likeness (QED) is 0.555. The zero-order chi connectivity index (χ0) is 22.0. The molecular formula is C25H33NO4S. The van der Waals surface area contributed by atoms with Crippen LogP contribution in [0.4, 0.5) is 5.69 Å². The Labute approximate surface area is 188 Å². The molecule has 168 valence electrons. The molecule has 5 nitrogen and oxygen atoms in total. The van der Waals surface area contributed by atoms with E-state index >= 15 is 0 Å². The van der Waals surface area contributed by atoms with Gasteiger partial charge < -0.3 is 10.4 Å². The van der Waals surface area contributed by atoms with Crippen LogP contribution in [-0.4, -0.2) is 28.2 Å². The van der Waals surface area contributed by atoms with Crippen LogP contribution in [0.5, 0.6) is 0 Å². The minimum Gasteiger partial charge on any atom is -0.477 e. The topological polar surface area (TPSA) is 83.5 Å². The van der Waals surface area contributed by atoms with Crippen molar-refractivity contribution in [3.8, 4) is 0 Å². The van der Waals surface area contributed by atoms with Gasteiger partial charge in [-0.2, -0.15) is 0 Å². The van der Waals surface area contributed by atoms with Gasteiger partial charge in [-0.25, -0.2) is 4.79 Å². The van der Waals surface area contributed by atoms with Crippen LogP contribution in [0.3, 0.4) is 0 Å². The van der Waals surface area contributed by atoms with Gasteiger partial charge in [-0.15, -0.1) is 11.3 Å². The molecule has 0 unspecified atom stereocenters. The number of hydrogen-bond donors (Lipinski definition) is 2. The summed E-state index contributed by atoms with van der Waals surface area (Å²) in [6.45, 7) is 2.24. The third kappa shape index (κ3) is 4.79. The van der Waals surface area contributed by atoms with E-state index in [0.29, 0.717) is 37.3 Å². The molecule has 0 aliphatic heterocycles. The van der Waals surface area contributed by atoms with Crippen molar-refractivity contribution in [1.82, 2.24) is 0 Å². The molecule has 0 saturated heterocycles. The highest BCUT2D eigenvalue weighted by Gasteiger charge is 2.45. The first-order valence-electron chi connectivity index (χ1n) is 11.8. The molecule has 0 radical (unpaired) electrons. The number of thiophene rings is 1. The summed E-state index contributed by atoms with van der Waals surface area (Å²) in [5.74, 6) is 0.0790. The Balaban J connectivity index is 1.64. The van der Waals surface area contributed by atoms with Crippen LogP contribution in [0.2, 0.25) is 0 Å². The van der Waals surface area contributed by atoms with Gasteiger partial charge in [0.2, 0.25) is 0 Å². The fourth-order valence-corrected chi connectivity index (χ4v) is 6.44. The highest BCUT2D eigenvalue weighted by molar-refractivity contribution is 7.15. The summed E-state index contributed by atoms with van der Waals surface area (Å²) in [6, 6.07) is 1.93. The number of carbonyl (C=O) groups is 3. The first-order valence-corrected chi connectivity index (χ1v) is 12.6. The SMILES string of the molecule is CC1CCC(C(=O)C2(Nc3cc(C4=CCCCC4)sc3C(=O)O)CCC(=O)CC2)CC1. The molecule has 1 aromatic rings. The third-order valence-electron chi connectivity index (χ3n) is 7.43. The summed E-state index contributed by atoms with van der Waals surface area (Å²) in [4.78, 5) is 39.0. The van der Waals surface area contributed by atoms with E-state index in [1.54, 1.807) is 0 Å². The van der Waals surface area contributed by atoms with Crippen LogP contribution in [0.1, 0.15) is 98.5 Å². The molecule has 0 bridgehead atoms. The summed E-state index contributed by atoms with van der Waals surface area (Å²) >= 11 is 1.30. The van der Waals surface area contributed by atoms with Crippen molar-refractivity contribution in [2.45, 2.75) is 89.5 Å². The maximum Gasteiger partial charge on any atom is 0.348 e. The Morgan fingerprint density at radius 1 is 1.10 bits per heavy atom. The van der Waals surface area contributed by atoms with Gasteiger partial charge in [-0.05, 0) is 68.9 Å². The minimum absolute atomic E-state index is 0.00402. The fourth-order valence-electron chi connectivity index (χ4n) is 5.42. The molecule has 2 fully saturated rings. The highest BCUT2D eigenvalue weighted by atomic mass is 32.1. The van der Waals surface area contributed by atoms with E-state index < -0.39 is 11.5 Å². The van der Waals surface area contributed by atoms with Crippen molar-refractivity contribution < 1.29 is 19.5 Å². The largest absolute Gasteiger partial charge is 0.477 e. The van der Waals surface area contributed by atoms with E-state index in [1.807, 2.05) is 6.07 Å². The second-order valence-electron chi connectivity index (χ2n) is 9.70. The summed E-state index contributed by atoms with van der Waals surface area (Å²) in [6.07, 6.45) is 12.1. The molecule has 3 aliphatic rings. The lowest BCUT2D eigenvalue weighted by atomic mass is 9.70. The number of nitrogens with one attached hydrogen (secondary N) is 1. The summed E-state index contributed by atoms with van der Waals surface area (Å²) in [7, 11) is 0. The van der Waals surface area contributed by atoms with Crippen LogP contribution in [-0.2, 0) is 9.59 Å². The highest BCUT2D eigenvalue weighted by Crippen LogP contribution is 2.42. The molecule has 4 rings (SSSR count). The van der Waals surface area contributed by atoms with Gasteiger partial charge in [-0.1, -0.05) is 25.8 Å². The number of aromatic carboxylic acids is 1. The lowest BCUT2D eigenvalue weighted by Crippen LogP contribution is -2.52. The van der Waals surface area contributed by atoms with E-state index in [0.717, 1.165) is 49.8 Å². The second-order valence-corrected chi connectivity index (χ2v) is 10.8. The van der Waals surface area contributed by atoms with E-state index in [1.165, 1.54) is 23.3 Å². The van der Waals surface area contributed by atoms with Gasteiger partial charge in [-0.3, -0.25) is 9.59 Å². The van der Waals surface area contributed by atoms with Crippen molar-refractivity contribution in [3.05, 3.63) is 21.9 Å². The van der Waals surface area contributed by atoms with Crippen LogP contribution in [0.15, 0.2) is 12.1 Å². The van der Waals surface area contributed by atoms with Gasteiger partial charge in [0.05, 0.1) is 11.2 Å². The van der Waals surface area contributed by atoms with Crippen molar-refractivity contribution in [3.63, 3.8) is 0 Å². The average Bonchev–Trinajstić information content (AvgIpc) is 3.20. The number of carboxylic acid groups (broad SMARTS) is 1. The number of allylic oxidation sites excluding steroid dienone is 2. The minimum atomic E-state index is -0.962. The molecule has 1 heterocycles. The molecule has 31 heavy (non-hydrogen) atoms. The van der Waals surface area contributed by atoms with Crippen molar-refractivity contribution in [2.75, 3.05) is 5.32 Å². The van der Waals surface area contributed by atoms with Gasteiger partial charge in [0.1, 0.15) is 10.7 Å². The average molecular weight is 444 g/mol. The predicted molar refractivity (Wildman–Crippen MR) is 124 cm³/mol. The van der Waals surface area contributed by atoms with Gasteiger partial charge in [0.25, 0.3) is 0 Å². The maximum absolute atomic E-state index is 13.8. The first-order chi connectivity index (χ1) is 14.9. The Hall–Kier alpha value is -1.95. The lowest BCUT2D eigenvalue weighted by Gasteiger charge is -2.40. The van der Waals surface area contributed by atoms with Crippen molar-refractivity contribution in [1.29, 1.82) is 0 Å². The molecule has 0 amide bonds. The number of carboxylic acids is 1. The molecule has 0 aromatic carbocycles. The molecule has 0 atom stereocenters. The number of hydrogen-bond acceptors (Lipinski definition) is 5. The van der Waals surface area contributed by atoms with E-state index in [2.05, 4.69) is 18.3 Å². The van der Waals surface area contributed by atoms with Crippen LogP contribution >= 0.6 is 11.3 Å². The first kappa shape index (κ1) is 22.3. The number of ketones is 2.